The summed E-state index contributed by atoms with van der Waals surface area (Å²) in [6.45, 7) is 1.84. The predicted octanol–water partition coefficient (Wildman–Crippen LogP) is 1.06. The molecule has 0 spiro atoms. The fourth-order valence-corrected chi connectivity index (χ4v) is 1.27. The molecule has 6 heteroatoms. The van der Waals surface area contributed by atoms with Gasteiger partial charge in [0.05, 0.1) is 5.69 Å². The first-order valence-corrected chi connectivity index (χ1v) is 4.43. The van der Waals surface area contributed by atoms with Crippen LogP contribution in [0, 0.1) is 6.92 Å². The number of nitrogens with two attached hydrogens (primary N) is 1. The number of hydrogen-bond acceptors (Lipinski definition) is 6. The van der Waals surface area contributed by atoms with Crippen LogP contribution in [0.5, 0.6) is 0 Å². The van der Waals surface area contributed by atoms with Gasteiger partial charge in [-0.3, -0.25) is 0 Å². The average Bonchev–Trinajstić information content (AvgIpc) is 2.64. The van der Waals surface area contributed by atoms with Gasteiger partial charge in [0.25, 0.3) is 0 Å². The number of nitrogens with zero attached hydrogens (tertiary/aromatic N) is 3. The highest BCUT2D eigenvalue weighted by Gasteiger charge is 2.15. The van der Waals surface area contributed by atoms with Gasteiger partial charge in [-0.25, -0.2) is 15.0 Å². The molecule has 2 aromatic heterocycles. The third kappa shape index (κ3) is 1.61. The standard InChI is InChI=1S/C9H11N5O/c1-5-3-15-9(14-5)6-7(10)12-4-13-8(6)11-2/h3-4H,1-2H3,(H3,10,11,12,13). The summed E-state index contributed by atoms with van der Waals surface area (Å²) in [6, 6.07) is 0. The van der Waals surface area contributed by atoms with Crippen molar-refractivity contribution in [1.82, 2.24) is 15.0 Å². The molecule has 0 radical (unpaired) electrons. The van der Waals surface area contributed by atoms with Crippen LogP contribution in [0.1, 0.15) is 5.69 Å². The topological polar surface area (TPSA) is 89.9 Å². The van der Waals surface area contributed by atoms with Crippen molar-refractivity contribution in [1.29, 1.82) is 0 Å². The summed E-state index contributed by atoms with van der Waals surface area (Å²) < 4.78 is 5.26. The lowest BCUT2D eigenvalue weighted by atomic mass is 10.2. The summed E-state index contributed by atoms with van der Waals surface area (Å²) in [7, 11) is 1.75. The lowest BCUT2D eigenvalue weighted by Gasteiger charge is -2.05. The van der Waals surface area contributed by atoms with Crippen molar-refractivity contribution in [3.05, 3.63) is 18.3 Å². The first kappa shape index (κ1) is 9.45. The van der Waals surface area contributed by atoms with Crippen LogP contribution in [-0.4, -0.2) is 22.0 Å². The SMILES string of the molecule is CNc1ncnc(N)c1-c1nc(C)co1. The molecule has 0 aromatic carbocycles. The largest absolute Gasteiger partial charge is 0.444 e. The van der Waals surface area contributed by atoms with Crippen molar-refractivity contribution >= 4 is 11.6 Å². The van der Waals surface area contributed by atoms with Gasteiger partial charge >= 0.3 is 0 Å². The van der Waals surface area contributed by atoms with E-state index in [9.17, 15) is 0 Å². The molecule has 2 rings (SSSR count). The van der Waals surface area contributed by atoms with Gasteiger partial charge in [-0.15, -0.1) is 0 Å². The number of aryl methyl sites for hydroxylation is 1. The number of aromatic nitrogens is 3. The second-order valence-electron chi connectivity index (χ2n) is 3.03. The molecule has 0 aliphatic carbocycles. The van der Waals surface area contributed by atoms with E-state index >= 15 is 0 Å². The van der Waals surface area contributed by atoms with Crippen LogP contribution in [0.25, 0.3) is 11.5 Å². The Balaban J connectivity index is 2.60. The molecule has 78 valence electrons. The highest BCUT2D eigenvalue weighted by atomic mass is 16.3. The van der Waals surface area contributed by atoms with Crippen molar-refractivity contribution in [2.75, 3.05) is 18.1 Å². The minimum Gasteiger partial charge on any atom is -0.444 e. The van der Waals surface area contributed by atoms with Crippen LogP contribution in [0.15, 0.2) is 17.0 Å². The molecule has 15 heavy (non-hydrogen) atoms. The molecule has 0 unspecified atom stereocenters. The second kappa shape index (κ2) is 3.56. The summed E-state index contributed by atoms with van der Waals surface area (Å²) in [5.74, 6) is 1.37. The number of nitrogens with one attached hydrogen (secondary N) is 1. The lowest BCUT2D eigenvalue weighted by Crippen LogP contribution is -2.02. The molecule has 0 saturated carbocycles. The molecule has 2 aromatic rings. The minimum atomic E-state index is 0.344. The van der Waals surface area contributed by atoms with Gasteiger partial charge in [-0.05, 0) is 6.92 Å². The smallest absolute Gasteiger partial charge is 0.233 e. The van der Waals surface area contributed by atoms with Crippen LogP contribution in [0.4, 0.5) is 11.6 Å². The van der Waals surface area contributed by atoms with Gasteiger partial charge in [-0.2, -0.15) is 0 Å². The van der Waals surface area contributed by atoms with E-state index in [4.69, 9.17) is 10.2 Å². The molecular formula is C9H11N5O. The van der Waals surface area contributed by atoms with E-state index in [0.29, 0.717) is 23.1 Å². The highest BCUT2D eigenvalue weighted by molar-refractivity contribution is 5.78. The minimum absolute atomic E-state index is 0.344. The summed E-state index contributed by atoms with van der Waals surface area (Å²) in [5, 5.41) is 2.91. The third-order valence-electron chi connectivity index (χ3n) is 1.95. The molecule has 3 N–H and O–H groups in total. The van der Waals surface area contributed by atoms with Crippen molar-refractivity contribution in [2.45, 2.75) is 6.92 Å². The molecule has 0 saturated heterocycles. The second-order valence-corrected chi connectivity index (χ2v) is 3.03. The van der Waals surface area contributed by atoms with Gasteiger partial charge in [0, 0.05) is 7.05 Å². The molecule has 0 aliphatic heterocycles. The number of nitrogen functional groups attached to an aromatic ring is 1. The van der Waals surface area contributed by atoms with Gasteiger partial charge < -0.3 is 15.5 Å². The fraction of sp³-hybridized carbons (Fsp3) is 0.222. The van der Waals surface area contributed by atoms with E-state index in [1.165, 1.54) is 6.33 Å². The fourth-order valence-electron chi connectivity index (χ4n) is 1.27. The third-order valence-corrected chi connectivity index (χ3v) is 1.95. The van der Waals surface area contributed by atoms with E-state index in [2.05, 4.69) is 20.3 Å². The van der Waals surface area contributed by atoms with E-state index in [-0.39, 0.29) is 0 Å². The van der Waals surface area contributed by atoms with Gasteiger partial charge in [0.1, 0.15) is 29.8 Å². The first-order chi connectivity index (χ1) is 7.22. The van der Waals surface area contributed by atoms with Crippen LogP contribution in [0.2, 0.25) is 0 Å². The Morgan fingerprint density at radius 2 is 2.20 bits per heavy atom. The molecule has 2 heterocycles. The Morgan fingerprint density at radius 3 is 2.80 bits per heavy atom. The Labute approximate surface area is 86.6 Å². The Kier molecular flexibility index (Phi) is 2.24. The Hall–Kier alpha value is -2.11. The summed E-state index contributed by atoms with van der Waals surface area (Å²) >= 11 is 0. The van der Waals surface area contributed by atoms with Crippen LogP contribution in [-0.2, 0) is 0 Å². The van der Waals surface area contributed by atoms with E-state index < -0.39 is 0 Å². The Morgan fingerprint density at radius 1 is 1.40 bits per heavy atom. The van der Waals surface area contributed by atoms with E-state index in [1.807, 2.05) is 6.92 Å². The monoisotopic (exact) mass is 205 g/mol. The number of hydrogen-bond donors (Lipinski definition) is 2. The summed E-state index contributed by atoms with van der Waals surface area (Å²) in [6.07, 6.45) is 2.95. The zero-order valence-corrected chi connectivity index (χ0v) is 8.48. The zero-order chi connectivity index (χ0) is 10.8. The normalized spacial score (nSPS) is 10.3. The molecule has 0 aliphatic rings. The van der Waals surface area contributed by atoms with Crippen molar-refractivity contribution in [3.63, 3.8) is 0 Å². The summed E-state index contributed by atoms with van der Waals surface area (Å²) in [4.78, 5) is 12.1. The molecule has 0 fully saturated rings. The number of anilines is 2. The van der Waals surface area contributed by atoms with Crippen LogP contribution < -0.4 is 11.1 Å². The average molecular weight is 205 g/mol. The lowest BCUT2D eigenvalue weighted by molar-refractivity contribution is 0.573. The van der Waals surface area contributed by atoms with E-state index in [1.54, 1.807) is 13.3 Å². The molecule has 0 bridgehead atoms. The van der Waals surface area contributed by atoms with Gasteiger partial charge in [0.2, 0.25) is 5.89 Å². The quantitative estimate of drug-likeness (QED) is 0.762. The maximum Gasteiger partial charge on any atom is 0.233 e. The maximum absolute atomic E-state index is 5.75. The summed E-state index contributed by atoms with van der Waals surface area (Å²) in [5.41, 5.74) is 7.13. The first-order valence-electron chi connectivity index (χ1n) is 4.43. The number of oxazole rings is 1. The zero-order valence-electron chi connectivity index (χ0n) is 8.48. The maximum atomic E-state index is 5.75. The molecule has 0 atom stereocenters. The molecular weight excluding hydrogens is 194 g/mol. The van der Waals surface area contributed by atoms with Crippen molar-refractivity contribution in [3.8, 4) is 11.5 Å². The van der Waals surface area contributed by atoms with Gasteiger partial charge in [0.15, 0.2) is 0 Å². The van der Waals surface area contributed by atoms with Crippen LogP contribution in [0.3, 0.4) is 0 Å². The highest BCUT2D eigenvalue weighted by Crippen LogP contribution is 2.29. The molecule has 6 nitrogen and oxygen atoms in total. The Bertz CT molecular complexity index is 479. The number of rotatable bonds is 2. The molecule has 0 amide bonds. The van der Waals surface area contributed by atoms with Crippen LogP contribution >= 0.6 is 0 Å². The van der Waals surface area contributed by atoms with Gasteiger partial charge in [-0.1, -0.05) is 0 Å². The van der Waals surface area contributed by atoms with E-state index in [0.717, 1.165) is 5.69 Å². The van der Waals surface area contributed by atoms with Crippen molar-refractivity contribution in [2.24, 2.45) is 0 Å². The predicted molar refractivity (Wildman–Crippen MR) is 56.2 cm³/mol. The van der Waals surface area contributed by atoms with Crippen molar-refractivity contribution < 1.29 is 4.42 Å².